The van der Waals surface area contributed by atoms with E-state index in [9.17, 15) is 4.79 Å². The van der Waals surface area contributed by atoms with Gasteiger partial charge in [-0.2, -0.15) is 0 Å². The highest BCUT2D eigenvalue weighted by molar-refractivity contribution is 5.74. The lowest BCUT2D eigenvalue weighted by atomic mass is 9.94. The summed E-state index contributed by atoms with van der Waals surface area (Å²) in [6, 6.07) is 0.0509. The largest absolute Gasteiger partial charge is 0.396 e. The van der Waals surface area contributed by atoms with Crippen molar-refractivity contribution in [2.45, 2.75) is 26.2 Å². The molecule has 1 heterocycles. The Kier molecular flexibility index (Phi) is 4.73. The maximum atomic E-state index is 11.4. The average molecular weight is 200 g/mol. The van der Waals surface area contributed by atoms with E-state index in [1.807, 2.05) is 11.8 Å². The summed E-state index contributed by atoms with van der Waals surface area (Å²) in [6.45, 7) is 4.55. The summed E-state index contributed by atoms with van der Waals surface area (Å²) in [6.07, 6.45) is 2.93. The van der Waals surface area contributed by atoms with Crippen LogP contribution in [0.3, 0.4) is 0 Å². The van der Waals surface area contributed by atoms with Crippen LogP contribution in [0.4, 0.5) is 4.79 Å². The van der Waals surface area contributed by atoms with Crippen LogP contribution in [0.15, 0.2) is 0 Å². The molecule has 0 bridgehead atoms. The molecule has 0 atom stereocenters. The molecular formula is C10H20N2O2. The van der Waals surface area contributed by atoms with Crippen molar-refractivity contribution >= 4 is 6.03 Å². The summed E-state index contributed by atoms with van der Waals surface area (Å²) >= 11 is 0. The molecule has 1 aliphatic heterocycles. The molecule has 0 aromatic carbocycles. The Labute approximate surface area is 85.3 Å². The van der Waals surface area contributed by atoms with Crippen molar-refractivity contribution < 1.29 is 9.90 Å². The van der Waals surface area contributed by atoms with Crippen LogP contribution < -0.4 is 5.32 Å². The topological polar surface area (TPSA) is 52.6 Å². The second-order valence-corrected chi connectivity index (χ2v) is 3.78. The van der Waals surface area contributed by atoms with E-state index in [2.05, 4.69) is 5.32 Å². The third kappa shape index (κ3) is 3.18. The van der Waals surface area contributed by atoms with Gasteiger partial charge in [0.05, 0.1) is 0 Å². The van der Waals surface area contributed by atoms with Crippen LogP contribution in [-0.4, -0.2) is 42.3 Å². The van der Waals surface area contributed by atoms with Crippen molar-refractivity contribution in [3.63, 3.8) is 0 Å². The van der Waals surface area contributed by atoms with E-state index in [0.29, 0.717) is 12.5 Å². The van der Waals surface area contributed by atoms with Crippen LogP contribution in [0.1, 0.15) is 26.2 Å². The number of aliphatic hydroxyl groups is 1. The van der Waals surface area contributed by atoms with Gasteiger partial charge in [0.2, 0.25) is 0 Å². The number of piperidine rings is 1. The quantitative estimate of drug-likeness (QED) is 0.708. The van der Waals surface area contributed by atoms with Gasteiger partial charge in [-0.15, -0.1) is 0 Å². The molecule has 14 heavy (non-hydrogen) atoms. The van der Waals surface area contributed by atoms with Gasteiger partial charge in [0.15, 0.2) is 0 Å². The lowest BCUT2D eigenvalue weighted by Gasteiger charge is -2.31. The van der Waals surface area contributed by atoms with E-state index < -0.39 is 0 Å². The smallest absolute Gasteiger partial charge is 0.317 e. The normalized spacial score (nSPS) is 18.3. The minimum Gasteiger partial charge on any atom is -0.396 e. The third-order valence-electron chi connectivity index (χ3n) is 2.77. The van der Waals surface area contributed by atoms with Crippen LogP contribution in [0, 0.1) is 5.92 Å². The first-order chi connectivity index (χ1) is 6.77. The zero-order valence-electron chi connectivity index (χ0n) is 8.83. The predicted molar refractivity (Wildman–Crippen MR) is 55.1 cm³/mol. The molecule has 4 nitrogen and oxygen atoms in total. The van der Waals surface area contributed by atoms with E-state index in [1.54, 1.807) is 0 Å². The molecule has 4 heteroatoms. The van der Waals surface area contributed by atoms with Gasteiger partial charge in [-0.05, 0) is 32.1 Å². The van der Waals surface area contributed by atoms with E-state index in [4.69, 9.17) is 5.11 Å². The molecule has 0 unspecified atom stereocenters. The molecule has 1 rings (SSSR count). The monoisotopic (exact) mass is 200 g/mol. The summed E-state index contributed by atoms with van der Waals surface area (Å²) in [7, 11) is 0. The van der Waals surface area contributed by atoms with Crippen molar-refractivity contribution in [2.75, 3.05) is 26.2 Å². The first-order valence-electron chi connectivity index (χ1n) is 5.41. The van der Waals surface area contributed by atoms with Crippen LogP contribution >= 0.6 is 0 Å². The first-order valence-corrected chi connectivity index (χ1v) is 5.41. The van der Waals surface area contributed by atoms with E-state index in [1.165, 1.54) is 0 Å². The van der Waals surface area contributed by atoms with E-state index in [0.717, 1.165) is 32.4 Å². The van der Waals surface area contributed by atoms with Gasteiger partial charge in [-0.3, -0.25) is 0 Å². The van der Waals surface area contributed by atoms with Crippen molar-refractivity contribution in [2.24, 2.45) is 5.92 Å². The number of aliphatic hydroxyl groups excluding tert-OH is 1. The Hall–Kier alpha value is -0.770. The van der Waals surface area contributed by atoms with Gasteiger partial charge in [-0.25, -0.2) is 4.79 Å². The third-order valence-corrected chi connectivity index (χ3v) is 2.77. The Morgan fingerprint density at radius 3 is 2.64 bits per heavy atom. The number of rotatable bonds is 3. The Bertz CT molecular complexity index is 177. The van der Waals surface area contributed by atoms with Crippen LogP contribution in [0.25, 0.3) is 0 Å². The fraction of sp³-hybridized carbons (Fsp3) is 0.900. The highest BCUT2D eigenvalue weighted by Crippen LogP contribution is 2.19. The van der Waals surface area contributed by atoms with Gasteiger partial charge >= 0.3 is 6.03 Å². The number of nitrogens with zero attached hydrogens (tertiary/aromatic N) is 1. The molecule has 0 radical (unpaired) electrons. The van der Waals surface area contributed by atoms with E-state index in [-0.39, 0.29) is 12.6 Å². The number of hydrogen-bond acceptors (Lipinski definition) is 2. The molecule has 0 aromatic rings. The average Bonchev–Trinajstić information content (AvgIpc) is 2.20. The van der Waals surface area contributed by atoms with E-state index >= 15 is 0 Å². The molecule has 1 saturated heterocycles. The lowest BCUT2D eigenvalue weighted by molar-refractivity contribution is 0.158. The zero-order valence-corrected chi connectivity index (χ0v) is 8.83. The number of carbonyl (C=O) groups is 1. The second-order valence-electron chi connectivity index (χ2n) is 3.78. The lowest BCUT2D eigenvalue weighted by Crippen LogP contribution is -2.44. The molecule has 0 saturated carbocycles. The molecular weight excluding hydrogens is 180 g/mol. The fourth-order valence-corrected chi connectivity index (χ4v) is 1.87. The predicted octanol–water partition coefficient (Wildman–Crippen LogP) is 0.810. The molecule has 0 aliphatic carbocycles. The number of amides is 2. The highest BCUT2D eigenvalue weighted by Gasteiger charge is 2.21. The summed E-state index contributed by atoms with van der Waals surface area (Å²) in [4.78, 5) is 13.3. The summed E-state index contributed by atoms with van der Waals surface area (Å²) in [5.74, 6) is 0.602. The maximum Gasteiger partial charge on any atom is 0.317 e. The second kappa shape index (κ2) is 5.86. The van der Waals surface area contributed by atoms with Gasteiger partial charge in [0.1, 0.15) is 0 Å². The summed E-state index contributed by atoms with van der Waals surface area (Å²) in [5.41, 5.74) is 0. The molecule has 2 amide bonds. The van der Waals surface area contributed by atoms with Crippen molar-refractivity contribution in [1.29, 1.82) is 0 Å². The number of nitrogens with one attached hydrogen (secondary N) is 1. The van der Waals surface area contributed by atoms with Crippen molar-refractivity contribution in [3.05, 3.63) is 0 Å². The van der Waals surface area contributed by atoms with Gasteiger partial charge in [-0.1, -0.05) is 0 Å². The van der Waals surface area contributed by atoms with Crippen LogP contribution in [-0.2, 0) is 0 Å². The Balaban J connectivity index is 2.24. The zero-order chi connectivity index (χ0) is 10.4. The number of hydrogen-bond donors (Lipinski definition) is 2. The van der Waals surface area contributed by atoms with Gasteiger partial charge in [0, 0.05) is 26.2 Å². The van der Waals surface area contributed by atoms with Gasteiger partial charge < -0.3 is 15.3 Å². The Morgan fingerprint density at radius 2 is 2.14 bits per heavy atom. The van der Waals surface area contributed by atoms with Gasteiger partial charge in [0.25, 0.3) is 0 Å². The summed E-state index contributed by atoms with van der Waals surface area (Å²) in [5, 5.41) is 11.6. The fourth-order valence-electron chi connectivity index (χ4n) is 1.87. The molecule has 82 valence electrons. The first kappa shape index (κ1) is 11.3. The SMILES string of the molecule is CCNC(=O)N1CCC(CCO)CC1. The molecule has 0 spiro atoms. The minimum absolute atomic E-state index is 0.0509. The van der Waals surface area contributed by atoms with Crippen LogP contribution in [0.5, 0.6) is 0 Å². The molecule has 0 aromatic heterocycles. The maximum absolute atomic E-state index is 11.4. The van der Waals surface area contributed by atoms with Crippen molar-refractivity contribution in [1.82, 2.24) is 10.2 Å². The number of likely N-dealkylation sites (tertiary alicyclic amines) is 1. The highest BCUT2D eigenvalue weighted by atomic mass is 16.3. The molecule has 1 fully saturated rings. The minimum atomic E-state index is 0.0509. The summed E-state index contributed by atoms with van der Waals surface area (Å²) < 4.78 is 0. The van der Waals surface area contributed by atoms with Crippen LogP contribution in [0.2, 0.25) is 0 Å². The number of urea groups is 1. The molecule has 2 N–H and O–H groups in total. The number of carbonyl (C=O) groups excluding carboxylic acids is 1. The molecule has 1 aliphatic rings. The van der Waals surface area contributed by atoms with Crippen molar-refractivity contribution in [3.8, 4) is 0 Å². The Morgan fingerprint density at radius 1 is 1.50 bits per heavy atom. The standard InChI is InChI=1S/C10H20N2O2/c1-2-11-10(14)12-6-3-9(4-7-12)5-8-13/h9,13H,2-8H2,1H3,(H,11,14).